The van der Waals surface area contributed by atoms with Gasteiger partial charge in [-0.15, -0.1) is 0 Å². The van der Waals surface area contributed by atoms with E-state index in [1.807, 2.05) is 18.6 Å². The van der Waals surface area contributed by atoms with Crippen molar-refractivity contribution in [2.75, 3.05) is 11.4 Å². The summed E-state index contributed by atoms with van der Waals surface area (Å²) in [4.78, 5) is 16.3. The van der Waals surface area contributed by atoms with Gasteiger partial charge < -0.3 is 4.90 Å². The molecule has 0 aliphatic carbocycles. The summed E-state index contributed by atoms with van der Waals surface area (Å²) in [5.74, 6) is 1.20. The Morgan fingerprint density at radius 1 is 1.00 bits per heavy atom. The van der Waals surface area contributed by atoms with Crippen LogP contribution in [0.1, 0.15) is 42.1 Å². The number of hydrogen-bond donors (Lipinski definition) is 1. The Hall–Kier alpha value is -3.64. The fraction of sp³-hybridized carbons (Fsp3) is 0.250. The van der Waals surface area contributed by atoms with Crippen LogP contribution >= 0.6 is 11.6 Å². The zero-order valence-electron chi connectivity index (χ0n) is 19.9. The Balaban J connectivity index is 1.53. The van der Waals surface area contributed by atoms with Crippen LogP contribution in [0.15, 0.2) is 48.9 Å². The van der Waals surface area contributed by atoms with E-state index < -0.39 is 0 Å². The van der Waals surface area contributed by atoms with E-state index >= 15 is 0 Å². The van der Waals surface area contributed by atoms with Crippen molar-refractivity contribution in [2.24, 2.45) is 0 Å². The molecule has 0 bridgehead atoms. The number of H-pyrrole nitrogens is 1. The lowest BCUT2D eigenvalue weighted by Crippen LogP contribution is -2.31. The van der Waals surface area contributed by atoms with Gasteiger partial charge in [0, 0.05) is 65.5 Å². The van der Waals surface area contributed by atoms with Gasteiger partial charge in [0.05, 0.1) is 21.6 Å². The monoisotopic (exact) mass is 480 g/mol. The summed E-state index contributed by atoms with van der Waals surface area (Å²) in [5.41, 5.74) is 8.15. The van der Waals surface area contributed by atoms with Crippen LogP contribution in [0.3, 0.4) is 0 Å². The number of rotatable bonds is 2. The highest BCUT2D eigenvalue weighted by molar-refractivity contribution is 6.39. The van der Waals surface area contributed by atoms with Crippen molar-refractivity contribution in [1.82, 2.24) is 24.6 Å². The highest BCUT2D eigenvalue weighted by atomic mass is 35.5. The van der Waals surface area contributed by atoms with Crippen LogP contribution in [-0.4, -0.2) is 31.1 Å². The first-order chi connectivity index (χ1) is 17.0. The molecule has 1 aliphatic heterocycles. The average Bonchev–Trinajstić information content (AvgIpc) is 3.50. The Morgan fingerprint density at radius 2 is 1.83 bits per heavy atom. The molecule has 0 saturated heterocycles. The molecule has 6 nitrogen and oxygen atoms in total. The molecule has 35 heavy (non-hydrogen) atoms. The second-order valence-electron chi connectivity index (χ2n) is 9.85. The molecule has 0 radical (unpaired) electrons. The number of nitrogens with zero attached hydrogens (tertiary/aromatic N) is 5. The number of benzene rings is 2. The number of anilines is 1. The molecule has 1 N–H and O–H groups in total. The zero-order valence-corrected chi connectivity index (χ0v) is 20.7. The van der Waals surface area contributed by atoms with Crippen LogP contribution in [0.25, 0.3) is 38.1 Å². The molecule has 174 valence electrons. The van der Waals surface area contributed by atoms with Gasteiger partial charge in [-0.25, -0.2) is 9.97 Å². The minimum Gasteiger partial charge on any atom is -0.336 e. The van der Waals surface area contributed by atoms with Crippen LogP contribution in [-0.2, 0) is 13.0 Å². The van der Waals surface area contributed by atoms with Gasteiger partial charge in [0.2, 0.25) is 5.95 Å². The van der Waals surface area contributed by atoms with Crippen LogP contribution in [0.4, 0.5) is 5.95 Å². The van der Waals surface area contributed by atoms with E-state index in [0.29, 0.717) is 10.9 Å². The van der Waals surface area contributed by atoms with Gasteiger partial charge in [-0.3, -0.25) is 14.6 Å². The maximum absolute atomic E-state index is 6.72. The Morgan fingerprint density at radius 3 is 2.63 bits per heavy atom. The number of hydrogen-bond acceptors (Lipinski definition) is 4. The minimum absolute atomic E-state index is 0.414. The second kappa shape index (κ2) is 7.43. The third-order valence-electron chi connectivity index (χ3n) is 7.43. The fourth-order valence-corrected chi connectivity index (χ4v) is 5.86. The first kappa shape index (κ1) is 20.7. The third kappa shape index (κ3) is 2.93. The number of pyridine rings is 1. The van der Waals surface area contributed by atoms with Crippen molar-refractivity contribution in [3.05, 3.63) is 76.3 Å². The first-order valence-electron chi connectivity index (χ1n) is 12.1. The number of aryl methyl sites for hydroxylation is 1. The second-order valence-corrected chi connectivity index (χ2v) is 10.3. The maximum Gasteiger partial charge on any atom is 0.225 e. The lowest BCUT2D eigenvalue weighted by molar-refractivity contribution is 0.695. The molecule has 0 saturated carbocycles. The van der Waals surface area contributed by atoms with Crippen molar-refractivity contribution in [2.45, 2.75) is 39.7 Å². The quantitative estimate of drug-likeness (QED) is 0.285. The smallest absolute Gasteiger partial charge is 0.225 e. The van der Waals surface area contributed by atoms with Gasteiger partial charge in [-0.05, 0) is 41.5 Å². The summed E-state index contributed by atoms with van der Waals surface area (Å²) < 4.78 is 2.28. The summed E-state index contributed by atoms with van der Waals surface area (Å²) in [5, 5.41) is 9.07. The summed E-state index contributed by atoms with van der Waals surface area (Å²) in [7, 11) is 0. The van der Waals surface area contributed by atoms with Crippen molar-refractivity contribution in [1.29, 1.82) is 0 Å². The summed E-state index contributed by atoms with van der Waals surface area (Å²) in [6.45, 7) is 8.11. The Labute approximate surface area is 207 Å². The predicted octanol–water partition coefficient (Wildman–Crippen LogP) is 6.56. The van der Waals surface area contributed by atoms with Crippen LogP contribution in [0, 0.1) is 6.92 Å². The minimum atomic E-state index is 0.414. The van der Waals surface area contributed by atoms with E-state index in [1.165, 1.54) is 38.6 Å². The number of halogens is 1. The van der Waals surface area contributed by atoms with E-state index in [1.54, 1.807) is 0 Å². The molecule has 0 spiro atoms. The average molecular weight is 481 g/mol. The van der Waals surface area contributed by atoms with Crippen molar-refractivity contribution >= 4 is 55.6 Å². The van der Waals surface area contributed by atoms with Gasteiger partial charge in [-0.1, -0.05) is 43.6 Å². The van der Waals surface area contributed by atoms with Crippen LogP contribution in [0.5, 0.6) is 0 Å². The molecule has 7 rings (SSSR count). The normalized spacial score (nSPS) is 14.1. The summed E-state index contributed by atoms with van der Waals surface area (Å²) in [6, 6.07) is 10.6. The van der Waals surface area contributed by atoms with Crippen molar-refractivity contribution < 1.29 is 0 Å². The SMILES string of the molecule is Cc1cccc2c3cc(Cl)c4nccc4c3c3c4c([nH]n3c12)CCN(c1ncc(C(C)C)cn1)C4. The van der Waals surface area contributed by atoms with Crippen LogP contribution < -0.4 is 4.90 Å². The van der Waals surface area contributed by atoms with E-state index in [4.69, 9.17) is 21.6 Å². The first-order valence-corrected chi connectivity index (χ1v) is 12.5. The lowest BCUT2D eigenvalue weighted by Gasteiger charge is -2.27. The summed E-state index contributed by atoms with van der Waals surface area (Å²) in [6.07, 6.45) is 6.67. The molecular formula is C28H25ClN6. The summed E-state index contributed by atoms with van der Waals surface area (Å²) >= 11 is 6.72. The van der Waals surface area contributed by atoms with Gasteiger partial charge in [0.1, 0.15) is 0 Å². The molecule has 7 heteroatoms. The van der Waals surface area contributed by atoms with Gasteiger partial charge in [-0.2, -0.15) is 0 Å². The molecule has 4 aromatic heterocycles. The van der Waals surface area contributed by atoms with E-state index in [-0.39, 0.29) is 0 Å². The zero-order chi connectivity index (χ0) is 23.8. The largest absolute Gasteiger partial charge is 0.336 e. The highest BCUT2D eigenvalue weighted by Crippen LogP contribution is 2.41. The molecule has 0 unspecified atom stereocenters. The molecule has 0 atom stereocenters. The number of aromatic nitrogens is 5. The predicted molar refractivity (Wildman–Crippen MR) is 143 cm³/mol. The van der Waals surface area contributed by atoms with Gasteiger partial charge in [0.25, 0.3) is 0 Å². The molecule has 0 amide bonds. The lowest BCUT2D eigenvalue weighted by atomic mass is 9.97. The topological polar surface area (TPSA) is 62.1 Å². The van der Waals surface area contributed by atoms with Crippen LogP contribution in [0.2, 0.25) is 5.02 Å². The van der Waals surface area contributed by atoms with Gasteiger partial charge >= 0.3 is 0 Å². The van der Waals surface area contributed by atoms with E-state index in [9.17, 15) is 0 Å². The van der Waals surface area contributed by atoms with E-state index in [2.05, 4.69) is 70.6 Å². The molecule has 1 aliphatic rings. The number of para-hydroxylation sites is 1. The molecular weight excluding hydrogens is 456 g/mol. The third-order valence-corrected chi connectivity index (χ3v) is 7.72. The highest BCUT2D eigenvalue weighted by Gasteiger charge is 2.26. The number of aromatic amines is 1. The van der Waals surface area contributed by atoms with Crippen molar-refractivity contribution in [3.63, 3.8) is 0 Å². The fourth-order valence-electron chi connectivity index (χ4n) is 5.60. The Bertz CT molecular complexity index is 1780. The Kier molecular flexibility index (Phi) is 4.39. The molecule has 2 aromatic carbocycles. The molecule has 0 fully saturated rings. The van der Waals surface area contributed by atoms with E-state index in [0.717, 1.165) is 47.3 Å². The van der Waals surface area contributed by atoms with Gasteiger partial charge in [0.15, 0.2) is 0 Å². The molecule has 5 heterocycles. The maximum atomic E-state index is 6.72. The number of fused-ring (bicyclic) bond motifs is 10. The van der Waals surface area contributed by atoms with Crippen molar-refractivity contribution in [3.8, 4) is 0 Å². The standard InChI is InChI=1S/C28H25ClN6/c1-15(2)17-12-31-28(32-13-17)34-10-8-23-21(14-34)27-24-19-7-9-30-25(19)22(29)11-20(24)18-6-4-5-16(3)26(18)35(27)33-23/h4-7,9,11-13,15,33H,8,10,14H2,1-3H3. The molecule has 6 aromatic rings. The number of nitrogens with one attached hydrogen (secondary N) is 1.